The van der Waals surface area contributed by atoms with Crippen molar-refractivity contribution >= 4 is 22.5 Å². The van der Waals surface area contributed by atoms with Crippen molar-refractivity contribution in [2.75, 3.05) is 18.1 Å². The third-order valence-electron chi connectivity index (χ3n) is 5.84. The number of anilines is 1. The second kappa shape index (κ2) is 10.9. The number of fused-ring (bicyclic) bond motifs is 1. The van der Waals surface area contributed by atoms with Gasteiger partial charge in [0.15, 0.2) is 0 Å². The molecule has 1 aromatic heterocycles. The molecular weight excluding hydrogens is 494 g/mol. The van der Waals surface area contributed by atoms with Crippen LogP contribution in [-0.2, 0) is 0 Å². The Kier molecular flexibility index (Phi) is 7.66. The highest BCUT2D eigenvalue weighted by Gasteiger charge is 2.26. The molecule has 38 heavy (non-hydrogen) atoms. The smallest absolute Gasteiger partial charge is 0.264 e. The molecule has 4 aromatic rings. The number of phenolic OH excluding ortho intramolecular Hbond substituents is 1. The first-order valence-electron chi connectivity index (χ1n) is 12.2. The van der Waals surface area contributed by atoms with Crippen molar-refractivity contribution in [3.8, 4) is 22.9 Å². The first-order valence-corrected chi connectivity index (χ1v) is 12.2. The van der Waals surface area contributed by atoms with Crippen molar-refractivity contribution in [1.29, 1.82) is 0 Å². The Hall–Kier alpha value is -4.40. The van der Waals surface area contributed by atoms with Crippen LogP contribution in [0.15, 0.2) is 65.6 Å². The SMILES string of the molecule is CCOc1cc(OCC)cc(-n2cc(C(=O)N(c3cc(F)cc(F)c3)C(C)C)c(=O)c3ccc(O)cc32)c1. The summed E-state index contributed by atoms with van der Waals surface area (Å²) in [7, 11) is 0. The van der Waals surface area contributed by atoms with Crippen LogP contribution in [0.25, 0.3) is 16.6 Å². The molecule has 3 aromatic carbocycles. The molecule has 1 amide bonds. The minimum Gasteiger partial charge on any atom is -0.508 e. The molecule has 198 valence electrons. The van der Waals surface area contributed by atoms with E-state index in [1.165, 1.54) is 29.3 Å². The molecule has 0 unspecified atom stereocenters. The van der Waals surface area contributed by atoms with Gasteiger partial charge in [-0.05, 0) is 52.0 Å². The molecule has 0 aliphatic carbocycles. The summed E-state index contributed by atoms with van der Waals surface area (Å²) >= 11 is 0. The molecule has 1 heterocycles. The van der Waals surface area contributed by atoms with Gasteiger partial charge in [0, 0.05) is 48.0 Å². The molecule has 1 N–H and O–H groups in total. The number of nitrogens with zero attached hydrogens (tertiary/aromatic N) is 2. The van der Waals surface area contributed by atoms with Gasteiger partial charge in [0.2, 0.25) is 5.43 Å². The highest BCUT2D eigenvalue weighted by molar-refractivity contribution is 6.08. The third-order valence-corrected chi connectivity index (χ3v) is 5.84. The normalized spacial score (nSPS) is 11.1. The molecule has 0 atom stereocenters. The zero-order valence-corrected chi connectivity index (χ0v) is 21.5. The number of hydrogen-bond acceptors (Lipinski definition) is 5. The minimum atomic E-state index is -0.846. The molecule has 0 aliphatic heterocycles. The lowest BCUT2D eigenvalue weighted by molar-refractivity contribution is 0.0979. The lowest BCUT2D eigenvalue weighted by Gasteiger charge is -2.27. The number of phenols is 1. The molecule has 9 heteroatoms. The number of pyridine rings is 1. The largest absolute Gasteiger partial charge is 0.508 e. The summed E-state index contributed by atoms with van der Waals surface area (Å²) < 4.78 is 41.0. The maximum atomic E-state index is 14.0. The number of hydrogen-bond donors (Lipinski definition) is 1. The summed E-state index contributed by atoms with van der Waals surface area (Å²) in [4.78, 5) is 28.6. The number of carbonyl (C=O) groups is 1. The van der Waals surface area contributed by atoms with Crippen LogP contribution in [0.5, 0.6) is 17.2 Å². The van der Waals surface area contributed by atoms with Gasteiger partial charge >= 0.3 is 0 Å². The van der Waals surface area contributed by atoms with Crippen molar-refractivity contribution < 1.29 is 28.2 Å². The Labute approximate surface area is 218 Å². The zero-order chi connectivity index (χ0) is 27.6. The van der Waals surface area contributed by atoms with E-state index >= 15 is 0 Å². The van der Waals surface area contributed by atoms with Crippen LogP contribution in [0.2, 0.25) is 0 Å². The maximum absolute atomic E-state index is 14.0. The van der Waals surface area contributed by atoms with Crippen LogP contribution in [0, 0.1) is 11.6 Å². The molecule has 7 nitrogen and oxygen atoms in total. The standard InChI is InChI=1S/C29H28F2N2O5/c1-5-37-23-12-20(13-24(15-23)38-6-2)32-16-26(28(35)25-8-7-22(34)14-27(25)32)29(36)33(17(3)4)21-10-18(30)9-19(31)11-21/h7-17,34H,5-6H2,1-4H3. The Balaban J connectivity index is 1.99. The van der Waals surface area contributed by atoms with E-state index in [4.69, 9.17) is 9.47 Å². The Morgan fingerprint density at radius 3 is 2.11 bits per heavy atom. The van der Waals surface area contributed by atoms with Crippen LogP contribution in [0.1, 0.15) is 38.1 Å². The third kappa shape index (κ3) is 5.32. The summed E-state index contributed by atoms with van der Waals surface area (Å²) in [6.45, 7) is 7.84. The van der Waals surface area contributed by atoms with Crippen molar-refractivity contribution in [2.24, 2.45) is 0 Å². The first kappa shape index (κ1) is 26.7. The highest BCUT2D eigenvalue weighted by atomic mass is 19.1. The van der Waals surface area contributed by atoms with E-state index in [9.17, 15) is 23.5 Å². The van der Waals surface area contributed by atoms with Crippen LogP contribution in [0.3, 0.4) is 0 Å². The van der Waals surface area contributed by atoms with Gasteiger partial charge in [-0.25, -0.2) is 8.78 Å². The van der Waals surface area contributed by atoms with Gasteiger partial charge in [-0.15, -0.1) is 0 Å². The van der Waals surface area contributed by atoms with Gasteiger partial charge in [-0.3, -0.25) is 9.59 Å². The number of halogens is 2. The van der Waals surface area contributed by atoms with E-state index in [1.54, 1.807) is 36.6 Å². The number of rotatable bonds is 8. The van der Waals surface area contributed by atoms with E-state index in [0.29, 0.717) is 42.0 Å². The van der Waals surface area contributed by atoms with E-state index < -0.39 is 29.0 Å². The number of carbonyl (C=O) groups excluding carboxylic acids is 1. The van der Waals surface area contributed by atoms with Gasteiger partial charge in [-0.1, -0.05) is 0 Å². The van der Waals surface area contributed by atoms with Gasteiger partial charge in [0.05, 0.1) is 30.1 Å². The predicted molar refractivity (Wildman–Crippen MR) is 142 cm³/mol. The summed E-state index contributed by atoms with van der Waals surface area (Å²) in [5.41, 5.74) is 0.0276. The fourth-order valence-corrected chi connectivity index (χ4v) is 4.33. The lowest BCUT2D eigenvalue weighted by Crippen LogP contribution is -2.40. The Morgan fingerprint density at radius 2 is 1.55 bits per heavy atom. The monoisotopic (exact) mass is 522 g/mol. The molecule has 0 saturated carbocycles. The Bertz CT molecular complexity index is 1520. The zero-order valence-electron chi connectivity index (χ0n) is 21.5. The predicted octanol–water partition coefficient (Wildman–Crippen LogP) is 5.83. The molecular formula is C29H28F2N2O5. The van der Waals surface area contributed by atoms with Crippen LogP contribution >= 0.6 is 0 Å². The van der Waals surface area contributed by atoms with Crippen molar-refractivity contribution in [2.45, 2.75) is 33.7 Å². The lowest BCUT2D eigenvalue weighted by atomic mass is 10.1. The minimum absolute atomic E-state index is 0.0174. The molecule has 0 spiro atoms. The van der Waals surface area contributed by atoms with Crippen LogP contribution < -0.4 is 19.8 Å². The summed E-state index contributed by atoms with van der Waals surface area (Å²) in [5, 5.41) is 10.4. The van der Waals surface area contributed by atoms with Crippen LogP contribution in [-0.4, -0.2) is 34.8 Å². The van der Waals surface area contributed by atoms with Crippen molar-refractivity contribution in [3.63, 3.8) is 0 Å². The first-order chi connectivity index (χ1) is 18.1. The summed E-state index contributed by atoms with van der Waals surface area (Å²) in [6, 6.07) is 11.6. The van der Waals surface area contributed by atoms with E-state index in [0.717, 1.165) is 12.1 Å². The average Bonchev–Trinajstić information content (AvgIpc) is 2.83. The van der Waals surface area contributed by atoms with E-state index in [2.05, 4.69) is 0 Å². The van der Waals surface area contributed by atoms with Crippen molar-refractivity contribution in [1.82, 2.24) is 4.57 Å². The van der Waals surface area contributed by atoms with Gasteiger partial charge < -0.3 is 24.0 Å². The van der Waals surface area contributed by atoms with Gasteiger partial charge in [0.25, 0.3) is 5.91 Å². The molecule has 4 rings (SSSR count). The second-order valence-corrected chi connectivity index (χ2v) is 8.87. The highest BCUT2D eigenvalue weighted by Crippen LogP contribution is 2.30. The van der Waals surface area contributed by atoms with E-state index in [-0.39, 0.29) is 22.4 Å². The molecule has 0 fully saturated rings. The number of aromatic hydroxyl groups is 1. The number of benzene rings is 3. The Morgan fingerprint density at radius 1 is 0.947 bits per heavy atom. The van der Waals surface area contributed by atoms with E-state index in [1.807, 2.05) is 13.8 Å². The quantitative estimate of drug-likeness (QED) is 0.315. The topological polar surface area (TPSA) is 81.0 Å². The molecule has 0 aliphatic rings. The number of ether oxygens (including phenoxy) is 2. The number of amides is 1. The van der Waals surface area contributed by atoms with Crippen LogP contribution in [0.4, 0.5) is 14.5 Å². The number of aromatic nitrogens is 1. The fourth-order valence-electron chi connectivity index (χ4n) is 4.33. The maximum Gasteiger partial charge on any atom is 0.264 e. The molecule has 0 saturated heterocycles. The summed E-state index contributed by atoms with van der Waals surface area (Å²) in [5.74, 6) is -1.48. The summed E-state index contributed by atoms with van der Waals surface area (Å²) in [6.07, 6.45) is 1.36. The van der Waals surface area contributed by atoms with Gasteiger partial charge in [-0.2, -0.15) is 0 Å². The molecule has 0 radical (unpaired) electrons. The molecule has 0 bridgehead atoms. The average molecular weight is 523 g/mol. The fraction of sp³-hybridized carbons (Fsp3) is 0.241. The van der Waals surface area contributed by atoms with Gasteiger partial charge in [0.1, 0.15) is 34.4 Å². The van der Waals surface area contributed by atoms with Crippen molar-refractivity contribution in [3.05, 3.63) is 88.2 Å². The second-order valence-electron chi connectivity index (χ2n) is 8.87.